The molecule has 130 valence electrons. The Bertz CT molecular complexity index is 840. The summed E-state index contributed by atoms with van der Waals surface area (Å²) < 4.78 is 32.4. The molecular formula is C14H13Cl3N2O3S2. The predicted octanol–water partition coefficient (Wildman–Crippen LogP) is 4.71. The summed E-state index contributed by atoms with van der Waals surface area (Å²) in [6, 6.07) is 6.11. The SMILES string of the molecule is COc1cc(Cl)c(SC)nc1NS(=O)(=O)Cc1cc(Cl)cc(Cl)c1. The number of sulfonamides is 1. The summed E-state index contributed by atoms with van der Waals surface area (Å²) in [5.41, 5.74) is 0.457. The minimum Gasteiger partial charge on any atom is -0.493 e. The first-order valence-electron chi connectivity index (χ1n) is 6.48. The van der Waals surface area contributed by atoms with Crippen LogP contribution < -0.4 is 9.46 Å². The molecule has 0 radical (unpaired) electrons. The van der Waals surface area contributed by atoms with Gasteiger partial charge in [0.15, 0.2) is 11.6 Å². The molecule has 10 heteroatoms. The van der Waals surface area contributed by atoms with Crippen LogP contribution in [0.15, 0.2) is 29.3 Å². The molecule has 1 heterocycles. The quantitative estimate of drug-likeness (QED) is 0.676. The second-order valence-corrected chi connectivity index (χ2v) is 8.47. The average molecular weight is 428 g/mol. The van der Waals surface area contributed by atoms with Crippen LogP contribution in [-0.4, -0.2) is 26.8 Å². The number of benzene rings is 1. The van der Waals surface area contributed by atoms with E-state index < -0.39 is 10.0 Å². The van der Waals surface area contributed by atoms with Crippen LogP contribution in [0.1, 0.15) is 5.56 Å². The maximum Gasteiger partial charge on any atom is 0.238 e. The fourth-order valence-electron chi connectivity index (χ4n) is 1.92. The molecule has 0 unspecified atom stereocenters. The van der Waals surface area contributed by atoms with Crippen molar-refractivity contribution in [1.82, 2.24) is 4.98 Å². The number of ether oxygens (including phenoxy) is 1. The predicted molar refractivity (Wildman–Crippen MR) is 100 cm³/mol. The summed E-state index contributed by atoms with van der Waals surface area (Å²) in [5, 5.41) is 1.59. The van der Waals surface area contributed by atoms with Gasteiger partial charge in [-0.2, -0.15) is 0 Å². The number of hydrogen-bond donors (Lipinski definition) is 1. The first kappa shape index (κ1) is 19.5. The second kappa shape index (κ2) is 8.01. The first-order valence-corrected chi connectivity index (χ1v) is 10.5. The molecular weight excluding hydrogens is 415 g/mol. The normalized spacial score (nSPS) is 11.4. The van der Waals surface area contributed by atoms with Gasteiger partial charge in [0.2, 0.25) is 10.0 Å². The topological polar surface area (TPSA) is 68.3 Å². The van der Waals surface area contributed by atoms with Gasteiger partial charge in [-0.1, -0.05) is 34.8 Å². The minimum atomic E-state index is -3.75. The molecule has 0 fully saturated rings. The molecule has 0 aliphatic heterocycles. The number of nitrogens with one attached hydrogen (secondary N) is 1. The highest BCUT2D eigenvalue weighted by Crippen LogP contribution is 2.33. The fourth-order valence-corrected chi connectivity index (χ4v) is 4.42. The molecule has 0 saturated heterocycles. The molecule has 1 aromatic carbocycles. The summed E-state index contributed by atoms with van der Waals surface area (Å²) in [6.07, 6.45) is 1.78. The molecule has 1 N–H and O–H groups in total. The van der Waals surface area contributed by atoms with Gasteiger partial charge in [-0.15, -0.1) is 11.8 Å². The van der Waals surface area contributed by atoms with E-state index in [1.165, 1.54) is 43.1 Å². The van der Waals surface area contributed by atoms with Gasteiger partial charge in [-0.05, 0) is 30.0 Å². The Labute approximate surface area is 159 Å². The Hall–Kier alpha value is -0.860. The van der Waals surface area contributed by atoms with E-state index in [4.69, 9.17) is 39.5 Å². The van der Waals surface area contributed by atoms with E-state index in [2.05, 4.69) is 9.71 Å². The van der Waals surface area contributed by atoms with Gasteiger partial charge in [-0.25, -0.2) is 13.4 Å². The highest BCUT2D eigenvalue weighted by Gasteiger charge is 2.18. The van der Waals surface area contributed by atoms with Gasteiger partial charge < -0.3 is 4.74 Å². The van der Waals surface area contributed by atoms with Crippen molar-refractivity contribution < 1.29 is 13.2 Å². The average Bonchev–Trinajstić information content (AvgIpc) is 2.46. The second-order valence-electron chi connectivity index (χ2n) is 4.67. The third-order valence-corrected chi connectivity index (χ3v) is 5.61. The van der Waals surface area contributed by atoms with Crippen molar-refractivity contribution in [2.24, 2.45) is 0 Å². The number of nitrogens with zero attached hydrogens (tertiary/aromatic N) is 1. The maximum absolute atomic E-state index is 12.4. The zero-order valence-corrected chi connectivity index (χ0v) is 16.5. The van der Waals surface area contributed by atoms with Crippen LogP contribution >= 0.6 is 46.6 Å². The van der Waals surface area contributed by atoms with Crippen molar-refractivity contribution in [3.8, 4) is 5.75 Å². The molecule has 0 atom stereocenters. The highest BCUT2D eigenvalue weighted by molar-refractivity contribution is 7.98. The Balaban J connectivity index is 2.31. The molecule has 0 aliphatic carbocycles. The Morgan fingerprint density at radius 2 is 1.79 bits per heavy atom. The zero-order chi connectivity index (χ0) is 17.9. The van der Waals surface area contributed by atoms with Crippen molar-refractivity contribution in [2.75, 3.05) is 18.1 Å². The van der Waals surface area contributed by atoms with E-state index >= 15 is 0 Å². The number of thioether (sulfide) groups is 1. The number of anilines is 1. The summed E-state index contributed by atoms with van der Waals surface area (Å²) in [5.74, 6) is -0.0140. The molecule has 2 aromatic rings. The number of hydrogen-bond acceptors (Lipinski definition) is 5. The van der Waals surface area contributed by atoms with Crippen molar-refractivity contribution in [2.45, 2.75) is 10.8 Å². The van der Waals surface area contributed by atoms with E-state index in [-0.39, 0.29) is 17.3 Å². The minimum absolute atomic E-state index is 0.0689. The van der Waals surface area contributed by atoms with Crippen LogP contribution in [0.3, 0.4) is 0 Å². The van der Waals surface area contributed by atoms with E-state index in [0.29, 0.717) is 25.7 Å². The van der Waals surface area contributed by atoms with Gasteiger partial charge in [-0.3, -0.25) is 4.72 Å². The van der Waals surface area contributed by atoms with Crippen molar-refractivity contribution in [3.63, 3.8) is 0 Å². The number of aromatic nitrogens is 1. The van der Waals surface area contributed by atoms with Crippen LogP contribution in [-0.2, 0) is 15.8 Å². The first-order chi connectivity index (χ1) is 11.2. The molecule has 5 nitrogen and oxygen atoms in total. The molecule has 1 aromatic heterocycles. The summed E-state index contributed by atoms with van der Waals surface area (Å²) in [7, 11) is -2.35. The van der Waals surface area contributed by atoms with Crippen LogP contribution in [0.5, 0.6) is 5.75 Å². The largest absolute Gasteiger partial charge is 0.493 e. The highest BCUT2D eigenvalue weighted by atomic mass is 35.5. The maximum atomic E-state index is 12.4. The zero-order valence-electron chi connectivity index (χ0n) is 12.6. The lowest BCUT2D eigenvalue weighted by molar-refractivity contribution is 0.414. The van der Waals surface area contributed by atoms with Crippen LogP contribution in [0.4, 0.5) is 5.82 Å². The standard InChI is InChI=1S/C14H13Cl3N2O3S2/c1-22-12-6-11(17)14(23-2)18-13(12)19-24(20,21)7-8-3-9(15)5-10(16)4-8/h3-6H,7H2,1-2H3,(H,18,19). The van der Waals surface area contributed by atoms with Crippen LogP contribution in [0.2, 0.25) is 15.1 Å². The molecule has 0 spiro atoms. The van der Waals surface area contributed by atoms with Gasteiger partial charge in [0, 0.05) is 16.1 Å². The summed E-state index contributed by atoms with van der Waals surface area (Å²) >= 11 is 19.1. The lowest BCUT2D eigenvalue weighted by Gasteiger charge is -2.13. The van der Waals surface area contributed by atoms with Gasteiger partial charge in [0.25, 0.3) is 0 Å². The monoisotopic (exact) mass is 426 g/mol. The number of pyridine rings is 1. The van der Waals surface area contributed by atoms with E-state index in [1.807, 2.05) is 0 Å². The number of halogens is 3. The van der Waals surface area contributed by atoms with Gasteiger partial charge in [0.05, 0.1) is 17.9 Å². The van der Waals surface area contributed by atoms with Gasteiger partial charge >= 0.3 is 0 Å². The molecule has 0 saturated carbocycles. The van der Waals surface area contributed by atoms with Crippen LogP contribution in [0.25, 0.3) is 0 Å². The third kappa shape index (κ3) is 5.07. The third-order valence-electron chi connectivity index (χ3n) is 2.85. The Morgan fingerprint density at radius 1 is 1.17 bits per heavy atom. The molecule has 0 bridgehead atoms. The molecule has 0 aliphatic rings. The smallest absolute Gasteiger partial charge is 0.238 e. The van der Waals surface area contributed by atoms with Crippen molar-refractivity contribution >= 4 is 62.4 Å². The molecule has 0 amide bonds. The van der Waals surface area contributed by atoms with Crippen molar-refractivity contribution in [1.29, 1.82) is 0 Å². The Morgan fingerprint density at radius 3 is 2.33 bits per heavy atom. The molecule has 24 heavy (non-hydrogen) atoms. The number of rotatable bonds is 6. The van der Waals surface area contributed by atoms with Crippen molar-refractivity contribution in [3.05, 3.63) is 44.9 Å². The fraction of sp³-hybridized carbons (Fsp3) is 0.214. The summed E-state index contributed by atoms with van der Waals surface area (Å²) in [6.45, 7) is 0. The van der Waals surface area contributed by atoms with E-state index in [9.17, 15) is 8.42 Å². The summed E-state index contributed by atoms with van der Waals surface area (Å²) in [4.78, 5) is 4.19. The van der Waals surface area contributed by atoms with Gasteiger partial charge in [0.1, 0.15) is 5.03 Å². The lowest BCUT2D eigenvalue weighted by atomic mass is 10.2. The lowest BCUT2D eigenvalue weighted by Crippen LogP contribution is -2.17. The van der Waals surface area contributed by atoms with E-state index in [0.717, 1.165) is 0 Å². The number of methoxy groups -OCH3 is 1. The van der Waals surface area contributed by atoms with E-state index in [1.54, 1.807) is 6.26 Å². The van der Waals surface area contributed by atoms with Crippen LogP contribution in [0, 0.1) is 0 Å². The Kier molecular flexibility index (Phi) is 6.50. The molecule has 2 rings (SSSR count).